The van der Waals surface area contributed by atoms with Crippen LogP contribution >= 0.6 is 0 Å². The van der Waals surface area contributed by atoms with E-state index in [4.69, 9.17) is 0 Å². The van der Waals surface area contributed by atoms with Crippen LogP contribution in [-0.2, 0) is 4.79 Å². The van der Waals surface area contributed by atoms with E-state index in [-0.39, 0.29) is 5.91 Å². The Morgan fingerprint density at radius 2 is 1.77 bits per heavy atom. The van der Waals surface area contributed by atoms with E-state index >= 15 is 0 Å². The van der Waals surface area contributed by atoms with Crippen LogP contribution in [0.1, 0.15) is 11.1 Å². The second-order valence-corrected chi connectivity index (χ2v) is 7.35. The number of amides is 1. The Labute approximate surface area is 172 Å². The molecule has 0 spiro atoms. The number of carbonyl (C=O) groups excluding carboxylic acids is 1. The molecule has 142 valence electrons. The monoisotopic (exact) mass is 388 g/mol. The summed E-state index contributed by atoms with van der Waals surface area (Å²) < 4.78 is 0. The number of rotatable bonds is 2. The van der Waals surface area contributed by atoms with Crippen molar-refractivity contribution in [2.24, 2.45) is 0 Å². The van der Waals surface area contributed by atoms with Crippen molar-refractivity contribution in [3.63, 3.8) is 0 Å². The minimum atomic E-state index is -0.0798. The van der Waals surface area contributed by atoms with E-state index in [1.165, 1.54) is 0 Å². The first-order valence-corrected chi connectivity index (χ1v) is 9.72. The van der Waals surface area contributed by atoms with Crippen LogP contribution in [0.15, 0.2) is 79.0 Å². The second kappa shape index (κ2) is 6.39. The first kappa shape index (κ1) is 16.7. The van der Waals surface area contributed by atoms with Crippen LogP contribution in [-0.4, -0.2) is 21.1 Å². The van der Waals surface area contributed by atoms with Gasteiger partial charge in [-0.1, -0.05) is 42.5 Å². The molecule has 6 rings (SSSR count). The van der Waals surface area contributed by atoms with Gasteiger partial charge >= 0.3 is 0 Å². The van der Waals surface area contributed by atoms with Crippen molar-refractivity contribution in [1.29, 1.82) is 0 Å². The number of nitrogens with one attached hydrogen (secondary N) is 2. The van der Waals surface area contributed by atoms with E-state index in [1.807, 2.05) is 72.9 Å². The smallest absolute Gasteiger partial charge is 0.256 e. The van der Waals surface area contributed by atoms with Crippen molar-refractivity contribution in [2.75, 3.05) is 5.32 Å². The van der Waals surface area contributed by atoms with Crippen LogP contribution in [0.5, 0.6) is 0 Å². The van der Waals surface area contributed by atoms with Crippen molar-refractivity contribution < 1.29 is 4.79 Å². The number of nitrogens with zero attached hydrogens (tertiary/aromatic N) is 2. The summed E-state index contributed by atoms with van der Waals surface area (Å²) in [6.07, 6.45) is 3.77. The third-order valence-electron chi connectivity index (χ3n) is 5.47. The molecule has 1 amide bonds. The standard InChI is InChI=1S/C25H16N4O/c30-25-20(18-6-2-4-8-22(18)27-25)11-15-9-10-19-23(12-15)28-29-24(19)17-13-16-5-1-3-7-21(16)26-14-17/h1-14H,(H,27,30)(H,28,29). The third-order valence-corrected chi connectivity index (χ3v) is 5.47. The molecule has 1 aliphatic heterocycles. The summed E-state index contributed by atoms with van der Waals surface area (Å²) in [6.45, 7) is 0. The average molecular weight is 388 g/mol. The van der Waals surface area contributed by atoms with Crippen LogP contribution in [0.2, 0.25) is 0 Å². The van der Waals surface area contributed by atoms with E-state index < -0.39 is 0 Å². The zero-order valence-corrected chi connectivity index (χ0v) is 15.9. The zero-order valence-electron chi connectivity index (χ0n) is 15.9. The first-order chi connectivity index (χ1) is 14.8. The van der Waals surface area contributed by atoms with Crippen LogP contribution in [0.3, 0.4) is 0 Å². The SMILES string of the molecule is O=C1Nc2ccccc2C1=Cc1ccc2c(-c3cnc4ccccc4c3)n[nH]c2c1. The van der Waals surface area contributed by atoms with Crippen molar-refractivity contribution in [1.82, 2.24) is 15.2 Å². The van der Waals surface area contributed by atoms with Gasteiger partial charge in [0.25, 0.3) is 5.91 Å². The van der Waals surface area contributed by atoms with Gasteiger partial charge in [0, 0.05) is 39.4 Å². The number of aromatic amines is 1. The highest BCUT2D eigenvalue weighted by Crippen LogP contribution is 2.34. The summed E-state index contributed by atoms with van der Waals surface area (Å²) in [6, 6.07) is 23.9. The Balaban J connectivity index is 1.42. The quantitative estimate of drug-likeness (QED) is 0.405. The number of benzene rings is 3. The summed E-state index contributed by atoms with van der Waals surface area (Å²) in [4.78, 5) is 16.9. The van der Waals surface area contributed by atoms with Crippen molar-refractivity contribution in [2.45, 2.75) is 0 Å². The average Bonchev–Trinajstić information content (AvgIpc) is 3.34. The highest BCUT2D eigenvalue weighted by molar-refractivity contribution is 6.35. The highest BCUT2D eigenvalue weighted by Gasteiger charge is 2.23. The lowest BCUT2D eigenvalue weighted by molar-refractivity contribution is -0.110. The van der Waals surface area contributed by atoms with E-state index in [0.717, 1.165) is 49.9 Å². The van der Waals surface area contributed by atoms with Gasteiger partial charge in [-0.05, 0) is 42.0 Å². The summed E-state index contributed by atoms with van der Waals surface area (Å²) in [5, 5.41) is 12.7. The lowest BCUT2D eigenvalue weighted by atomic mass is 10.0. The van der Waals surface area contributed by atoms with Gasteiger partial charge < -0.3 is 5.32 Å². The third kappa shape index (κ3) is 2.60. The molecule has 0 fully saturated rings. The highest BCUT2D eigenvalue weighted by atomic mass is 16.2. The maximum atomic E-state index is 12.4. The molecule has 0 radical (unpaired) electrons. The minimum Gasteiger partial charge on any atom is -0.321 e. The molecule has 2 N–H and O–H groups in total. The normalized spacial score (nSPS) is 14.4. The number of anilines is 1. The molecule has 0 bridgehead atoms. The summed E-state index contributed by atoms with van der Waals surface area (Å²) in [5.41, 5.74) is 7.10. The maximum Gasteiger partial charge on any atom is 0.256 e. The number of para-hydroxylation sites is 2. The van der Waals surface area contributed by atoms with Crippen molar-refractivity contribution >= 4 is 45.0 Å². The fourth-order valence-corrected chi connectivity index (χ4v) is 4.00. The van der Waals surface area contributed by atoms with Crippen molar-refractivity contribution in [3.8, 4) is 11.3 Å². The Hall–Kier alpha value is -4.25. The molecule has 30 heavy (non-hydrogen) atoms. The molecule has 5 heteroatoms. The molecular formula is C25H16N4O. The minimum absolute atomic E-state index is 0.0798. The molecular weight excluding hydrogens is 372 g/mol. The van der Waals surface area contributed by atoms with Gasteiger partial charge in [0.2, 0.25) is 0 Å². The molecule has 1 aliphatic rings. The van der Waals surface area contributed by atoms with E-state index in [2.05, 4.69) is 32.6 Å². The predicted octanol–water partition coefficient (Wildman–Crippen LogP) is 5.27. The predicted molar refractivity (Wildman–Crippen MR) is 120 cm³/mol. The molecule has 0 saturated carbocycles. The van der Waals surface area contributed by atoms with Crippen LogP contribution in [0.25, 0.3) is 44.7 Å². The Morgan fingerprint density at radius 3 is 2.73 bits per heavy atom. The van der Waals surface area contributed by atoms with Gasteiger partial charge in [0.05, 0.1) is 11.0 Å². The van der Waals surface area contributed by atoms with E-state index in [0.29, 0.717) is 5.57 Å². The van der Waals surface area contributed by atoms with Gasteiger partial charge in [-0.25, -0.2) is 0 Å². The van der Waals surface area contributed by atoms with E-state index in [1.54, 1.807) is 0 Å². The Bertz CT molecular complexity index is 1500. The summed E-state index contributed by atoms with van der Waals surface area (Å²) in [7, 11) is 0. The van der Waals surface area contributed by atoms with Gasteiger partial charge in [0.1, 0.15) is 5.69 Å². The molecule has 3 heterocycles. The number of carbonyl (C=O) groups is 1. The van der Waals surface area contributed by atoms with Gasteiger partial charge in [-0.2, -0.15) is 5.10 Å². The van der Waals surface area contributed by atoms with Crippen molar-refractivity contribution in [3.05, 3.63) is 90.1 Å². The van der Waals surface area contributed by atoms with Gasteiger partial charge in [0.15, 0.2) is 0 Å². The van der Waals surface area contributed by atoms with Crippen LogP contribution < -0.4 is 5.32 Å². The number of hydrogen-bond acceptors (Lipinski definition) is 3. The number of H-pyrrole nitrogens is 1. The van der Waals surface area contributed by atoms with Gasteiger partial charge in [-0.15, -0.1) is 0 Å². The Kier molecular flexibility index (Phi) is 3.55. The maximum absolute atomic E-state index is 12.4. The van der Waals surface area contributed by atoms with Gasteiger partial charge in [-0.3, -0.25) is 14.9 Å². The lowest BCUT2D eigenvalue weighted by Gasteiger charge is -2.02. The molecule has 3 aromatic carbocycles. The summed E-state index contributed by atoms with van der Waals surface area (Å²) in [5.74, 6) is -0.0798. The van der Waals surface area contributed by atoms with Crippen LogP contribution in [0, 0.1) is 0 Å². The fraction of sp³-hybridized carbons (Fsp3) is 0. The lowest BCUT2D eigenvalue weighted by Crippen LogP contribution is -2.03. The topological polar surface area (TPSA) is 70.7 Å². The molecule has 5 nitrogen and oxygen atoms in total. The molecule has 0 atom stereocenters. The fourth-order valence-electron chi connectivity index (χ4n) is 4.00. The van der Waals surface area contributed by atoms with E-state index in [9.17, 15) is 4.79 Å². The molecule has 0 aliphatic carbocycles. The number of fused-ring (bicyclic) bond motifs is 3. The Morgan fingerprint density at radius 1 is 0.900 bits per heavy atom. The zero-order chi connectivity index (χ0) is 20.1. The summed E-state index contributed by atoms with van der Waals surface area (Å²) >= 11 is 0. The number of pyridine rings is 1. The second-order valence-electron chi connectivity index (χ2n) is 7.35. The number of hydrogen-bond donors (Lipinski definition) is 2. The molecule has 5 aromatic rings. The molecule has 2 aromatic heterocycles. The number of aromatic nitrogens is 3. The molecule has 0 saturated heterocycles. The first-order valence-electron chi connectivity index (χ1n) is 9.72. The largest absolute Gasteiger partial charge is 0.321 e. The van der Waals surface area contributed by atoms with Crippen LogP contribution in [0.4, 0.5) is 5.69 Å². The molecule has 0 unspecified atom stereocenters.